The van der Waals surface area contributed by atoms with Gasteiger partial charge in [-0.15, -0.1) is 12.4 Å². The maximum atomic E-state index is 12.4. The molecule has 3 aromatic carbocycles. The predicted molar refractivity (Wildman–Crippen MR) is 142 cm³/mol. The zero-order valence-corrected chi connectivity index (χ0v) is 21.4. The maximum absolute atomic E-state index is 12.4. The number of ether oxygens (including phenoxy) is 3. The number of benzene rings is 3. The number of hydrogen-bond acceptors (Lipinski definition) is 6. The lowest BCUT2D eigenvalue weighted by Crippen LogP contribution is -2.41. The van der Waals surface area contributed by atoms with Crippen molar-refractivity contribution in [2.75, 3.05) is 40.0 Å². The highest BCUT2D eigenvalue weighted by atomic mass is 35.5. The van der Waals surface area contributed by atoms with Crippen molar-refractivity contribution >= 4 is 12.4 Å². The van der Waals surface area contributed by atoms with Crippen molar-refractivity contribution in [3.63, 3.8) is 0 Å². The first kappa shape index (κ1) is 26.1. The number of phenolic OH excluding ortho intramolecular Hbond substituents is 1. The van der Waals surface area contributed by atoms with E-state index in [1.165, 1.54) is 32.4 Å². The van der Waals surface area contributed by atoms with Gasteiger partial charge in [0.05, 0.1) is 25.2 Å². The smallest absolute Gasteiger partial charge is 0.133 e. The lowest BCUT2D eigenvalue weighted by Gasteiger charge is -2.42. The standard InChI is InChI=1S/C29H33NO5.ClH/c1-33-24-18-26(31)28-27(19-24)35-20-25(21-8-4-2-5-9-21)29(28,32)22-10-12-23(13-11-22)34-17-16-30-14-6-3-7-15-30;/h2,4-5,8-13,18-19,25,31-32H,3,6-7,14-17,20H2,1H3;1H. The highest BCUT2D eigenvalue weighted by Crippen LogP contribution is 2.53. The van der Waals surface area contributed by atoms with Crippen molar-refractivity contribution in [2.45, 2.75) is 30.8 Å². The Morgan fingerprint density at radius 1 is 0.972 bits per heavy atom. The molecule has 2 aliphatic rings. The molecule has 6 nitrogen and oxygen atoms in total. The number of piperidine rings is 1. The third-order valence-corrected chi connectivity index (χ3v) is 7.20. The van der Waals surface area contributed by atoms with Gasteiger partial charge in [0.25, 0.3) is 0 Å². The van der Waals surface area contributed by atoms with Gasteiger partial charge in [0.1, 0.15) is 35.2 Å². The highest BCUT2D eigenvalue weighted by Gasteiger charge is 2.48. The Morgan fingerprint density at radius 3 is 2.39 bits per heavy atom. The number of rotatable bonds is 7. The SMILES string of the molecule is COc1cc(O)c2c(c1)OCC(c1ccccc1)C2(O)c1ccc(OCCN2CCCCC2)cc1.Cl. The molecule has 0 spiro atoms. The predicted octanol–water partition coefficient (Wildman–Crippen LogP) is 5.10. The van der Waals surface area contributed by atoms with Gasteiger partial charge in [-0.05, 0) is 49.2 Å². The number of halogens is 1. The van der Waals surface area contributed by atoms with E-state index in [0.717, 1.165) is 30.9 Å². The van der Waals surface area contributed by atoms with E-state index in [4.69, 9.17) is 14.2 Å². The van der Waals surface area contributed by atoms with Crippen LogP contribution in [0, 0.1) is 0 Å². The van der Waals surface area contributed by atoms with Crippen LogP contribution in [-0.2, 0) is 5.60 Å². The average molecular weight is 512 g/mol. The third-order valence-electron chi connectivity index (χ3n) is 7.20. The van der Waals surface area contributed by atoms with E-state index in [1.807, 2.05) is 54.6 Å². The van der Waals surface area contributed by atoms with E-state index in [0.29, 0.717) is 29.2 Å². The van der Waals surface area contributed by atoms with Crippen LogP contribution in [0.25, 0.3) is 0 Å². The van der Waals surface area contributed by atoms with E-state index in [-0.39, 0.29) is 24.8 Å². The lowest BCUT2D eigenvalue weighted by molar-refractivity contribution is 0.00828. The molecule has 7 heteroatoms. The Morgan fingerprint density at radius 2 is 1.69 bits per heavy atom. The molecule has 0 amide bonds. The molecule has 2 heterocycles. The summed E-state index contributed by atoms with van der Waals surface area (Å²) in [5.74, 6) is 1.17. The van der Waals surface area contributed by atoms with Crippen LogP contribution in [0.4, 0.5) is 0 Å². The molecular formula is C29H34ClNO5. The minimum atomic E-state index is -1.50. The van der Waals surface area contributed by atoms with E-state index in [9.17, 15) is 10.2 Å². The number of hydrogen-bond donors (Lipinski definition) is 2. The first-order valence-electron chi connectivity index (χ1n) is 12.4. The number of aromatic hydroxyl groups is 1. The Balaban J connectivity index is 0.00000304. The Bertz CT molecular complexity index is 1130. The number of nitrogens with zero attached hydrogens (tertiary/aromatic N) is 1. The molecule has 0 saturated carbocycles. The molecular weight excluding hydrogens is 478 g/mol. The van der Waals surface area contributed by atoms with Crippen LogP contribution >= 0.6 is 12.4 Å². The van der Waals surface area contributed by atoms with Crippen LogP contribution in [0.5, 0.6) is 23.0 Å². The van der Waals surface area contributed by atoms with Crippen molar-refractivity contribution < 1.29 is 24.4 Å². The molecule has 2 N–H and O–H groups in total. The number of likely N-dealkylation sites (tertiary alicyclic amines) is 1. The zero-order valence-electron chi connectivity index (χ0n) is 20.6. The topological polar surface area (TPSA) is 71.4 Å². The molecule has 2 aliphatic heterocycles. The van der Waals surface area contributed by atoms with Crippen molar-refractivity contribution in [1.82, 2.24) is 4.90 Å². The zero-order chi connectivity index (χ0) is 24.3. The summed E-state index contributed by atoms with van der Waals surface area (Å²) in [6, 6.07) is 20.5. The maximum Gasteiger partial charge on any atom is 0.133 e. The molecule has 2 unspecified atom stereocenters. The summed E-state index contributed by atoms with van der Waals surface area (Å²) in [6.07, 6.45) is 3.85. The third kappa shape index (κ3) is 5.12. The van der Waals surface area contributed by atoms with Crippen molar-refractivity contribution in [2.24, 2.45) is 0 Å². The summed E-state index contributed by atoms with van der Waals surface area (Å²) in [5, 5.41) is 23.3. The molecule has 1 fully saturated rings. The molecule has 0 aliphatic carbocycles. The summed E-state index contributed by atoms with van der Waals surface area (Å²) in [5.41, 5.74) is 0.437. The molecule has 36 heavy (non-hydrogen) atoms. The van der Waals surface area contributed by atoms with Crippen LogP contribution < -0.4 is 14.2 Å². The Kier molecular flexibility index (Phi) is 8.29. The molecule has 0 bridgehead atoms. The molecule has 1 saturated heterocycles. The molecule has 5 rings (SSSR count). The van der Waals surface area contributed by atoms with Gasteiger partial charge in [-0.3, -0.25) is 4.90 Å². The molecule has 192 valence electrons. The van der Waals surface area contributed by atoms with Gasteiger partial charge >= 0.3 is 0 Å². The van der Waals surface area contributed by atoms with E-state index in [2.05, 4.69) is 4.90 Å². The summed E-state index contributed by atoms with van der Waals surface area (Å²) in [6.45, 7) is 4.10. The number of methoxy groups -OCH3 is 1. The van der Waals surface area contributed by atoms with Gasteiger partial charge < -0.3 is 24.4 Å². The normalized spacial score (nSPS) is 21.6. The summed E-state index contributed by atoms with van der Waals surface area (Å²) >= 11 is 0. The fraction of sp³-hybridized carbons (Fsp3) is 0.379. The molecule has 2 atom stereocenters. The van der Waals surface area contributed by atoms with Crippen LogP contribution in [0.3, 0.4) is 0 Å². The van der Waals surface area contributed by atoms with E-state index in [1.54, 1.807) is 6.07 Å². The molecule has 0 aromatic heterocycles. The first-order chi connectivity index (χ1) is 17.1. The molecule has 0 radical (unpaired) electrons. The summed E-state index contributed by atoms with van der Waals surface area (Å²) in [4.78, 5) is 2.45. The summed E-state index contributed by atoms with van der Waals surface area (Å²) in [7, 11) is 1.53. The number of aliphatic hydroxyl groups is 1. The second-order valence-electron chi connectivity index (χ2n) is 9.34. The Labute approximate surface area is 218 Å². The second-order valence-corrected chi connectivity index (χ2v) is 9.34. The van der Waals surface area contributed by atoms with E-state index < -0.39 is 11.5 Å². The first-order valence-corrected chi connectivity index (χ1v) is 12.4. The van der Waals surface area contributed by atoms with Crippen LogP contribution in [0.1, 0.15) is 41.9 Å². The van der Waals surface area contributed by atoms with Gasteiger partial charge in [0.15, 0.2) is 0 Å². The van der Waals surface area contributed by atoms with Gasteiger partial charge in [0.2, 0.25) is 0 Å². The average Bonchev–Trinajstić information content (AvgIpc) is 2.90. The summed E-state index contributed by atoms with van der Waals surface area (Å²) < 4.78 is 17.3. The van der Waals surface area contributed by atoms with Crippen LogP contribution in [0.15, 0.2) is 66.7 Å². The van der Waals surface area contributed by atoms with Gasteiger partial charge in [-0.2, -0.15) is 0 Å². The van der Waals surface area contributed by atoms with Gasteiger partial charge in [-0.1, -0.05) is 48.9 Å². The van der Waals surface area contributed by atoms with Crippen molar-refractivity contribution in [3.8, 4) is 23.0 Å². The van der Waals surface area contributed by atoms with Crippen LogP contribution in [0.2, 0.25) is 0 Å². The largest absolute Gasteiger partial charge is 0.507 e. The fourth-order valence-corrected chi connectivity index (χ4v) is 5.31. The van der Waals surface area contributed by atoms with E-state index >= 15 is 0 Å². The number of fused-ring (bicyclic) bond motifs is 1. The monoisotopic (exact) mass is 511 g/mol. The highest BCUT2D eigenvalue weighted by molar-refractivity contribution is 5.85. The molecule has 3 aromatic rings. The van der Waals surface area contributed by atoms with Crippen molar-refractivity contribution in [1.29, 1.82) is 0 Å². The second kappa shape index (κ2) is 11.4. The minimum absolute atomic E-state index is 0. The number of phenols is 1. The van der Waals surface area contributed by atoms with Crippen LogP contribution in [-0.4, -0.2) is 55.1 Å². The van der Waals surface area contributed by atoms with Gasteiger partial charge in [-0.25, -0.2) is 0 Å². The lowest BCUT2D eigenvalue weighted by atomic mass is 9.71. The van der Waals surface area contributed by atoms with Gasteiger partial charge in [0, 0.05) is 18.7 Å². The fourth-order valence-electron chi connectivity index (χ4n) is 5.31. The minimum Gasteiger partial charge on any atom is -0.507 e. The Hall–Kier alpha value is -2.93. The van der Waals surface area contributed by atoms with Crippen molar-refractivity contribution in [3.05, 3.63) is 83.4 Å². The quantitative estimate of drug-likeness (QED) is 0.460.